The Labute approximate surface area is 112 Å². The monoisotopic (exact) mass is 268 g/mol. The Balaban J connectivity index is 2.19. The van der Waals surface area contributed by atoms with Crippen molar-refractivity contribution in [3.8, 4) is 0 Å². The van der Waals surface area contributed by atoms with Crippen LogP contribution in [0.15, 0.2) is 24.3 Å². The van der Waals surface area contributed by atoms with Crippen LogP contribution in [0, 0.1) is 0 Å². The summed E-state index contributed by atoms with van der Waals surface area (Å²) in [7, 11) is 2.01. The van der Waals surface area contributed by atoms with E-state index in [0.717, 1.165) is 18.8 Å². The van der Waals surface area contributed by atoms with Gasteiger partial charge in [0.2, 0.25) is 0 Å². The van der Waals surface area contributed by atoms with Gasteiger partial charge in [0.05, 0.1) is 0 Å². The molecule has 1 fully saturated rings. The van der Waals surface area contributed by atoms with Crippen LogP contribution in [0.5, 0.6) is 0 Å². The minimum absolute atomic E-state index is 0.589. The van der Waals surface area contributed by atoms with Gasteiger partial charge in [-0.2, -0.15) is 0 Å². The Morgan fingerprint density at radius 1 is 1.44 bits per heavy atom. The highest BCUT2D eigenvalue weighted by atomic mass is 35.5. The first-order valence-corrected chi connectivity index (χ1v) is 6.35. The lowest BCUT2D eigenvalue weighted by Crippen LogP contribution is -2.53. The zero-order valence-corrected chi connectivity index (χ0v) is 11.1. The molecule has 0 saturated carbocycles. The number of hydrogen-bond acceptors (Lipinski definition) is 3. The number of carboxylic acid groups (broad SMARTS) is 1. The number of carbonyl (C=O) groups is 1. The number of halogens is 1. The number of aliphatic carboxylic acids is 1. The van der Waals surface area contributed by atoms with E-state index >= 15 is 0 Å². The Morgan fingerprint density at radius 2 is 2.11 bits per heavy atom. The minimum Gasteiger partial charge on any atom is -0.480 e. The van der Waals surface area contributed by atoms with Gasteiger partial charge in [-0.15, -0.1) is 0 Å². The van der Waals surface area contributed by atoms with Gasteiger partial charge in [0.1, 0.15) is 5.54 Å². The maximum absolute atomic E-state index is 11.6. The van der Waals surface area contributed by atoms with E-state index in [1.165, 1.54) is 0 Å². The second-order valence-corrected chi connectivity index (χ2v) is 5.26. The SMILES string of the molecule is CN1CCC(Nc2cccc(Cl)c2)(C(=O)O)CC1. The molecule has 1 aliphatic heterocycles. The van der Waals surface area contributed by atoms with Gasteiger partial charge in [0.15, 0.2) is 0 Å². The van der Waals surface area contributed by atoms with Crippen molar-refractivity contribution in [2.75, 3.05) is 25.5 Å². The number of likely N-dealkylation sites (tertiary alicyclic amines) is 1. The summed E-state index contributed by atoms with van der Waals surface area (Å²) in [5, 5.41) is 13.2. The minimum atomic E-state index is -0.878. The van der Waals surface area contributed by atoms with E-state index in [0.29, 0.717) is 17.9 Å². The number of piperidine rings is 1. The summed E-state index contributed by atoms with van der Waals surface area (Å²) in [6, 6.07) is 7.18. The lowest BCUT2D eigenvalue weighted by molar-refractivity contribution is -0.143. The van der Waals surface area contributed by atoms with Crippen LogP contribution in [0.1, 0.15) is 12.8 Å². The number of carboxylic acids is 1. The maximum atomic E-state index is 11.6. The van der Waals surface area contributed by atoms with E-state index < -0.39 is 11.5 Å². The molecule has 1 aromatic carbocycles. The fourth-order valence-electron chi connectivity index (χ4n) is 2.24. The number of benzene rings is 1. The van der Waals surface area contributed by atoms with E-state index in [9.17, 15) is 9.90 Å². The lowest BCUT2D eigenvalue weighted by Gasteiger charge is -2.38. The summed E-state index contributed by atoms with van der Waals surface area (Å²) >= 11 is 5.92. The molecule has 0 spiro atoms. The first-order valence-electron chi connectivity index (χ1n) is 5.97. The summed E-state index contributed by atoms with van der Waals surface area (Å²) in [5.41, 5.74) is -0.119. The lowest BCUT2D eigenvalue weighted by atomic mass is 9.87. The van der Waals surface area contributed by atoms with Gasteiger partial charge in [0, 0.05) is 23.8 Å². The van der Waals surface area contributed by atoms with Crippen LogP contribution in [-0.2, 0) is 4.79 Å². The standard InChI is InChI=1S/C13H17ClN2O2/c1-16-7-5-13(6-8-16,12(17)18)15-11-4-2-3-10(14)9-11/h2-4,9,15H,5-8H2,1H3,(H,17,18). The highest BCUT2D eigenvalue weighted by Gasteiger charge is 2.40. The predicted molar refractivity (Wildman–Crippen MR) is 72.2 cm³/mol. The van der Waals surface area contributed by atoms with Crippen molar-refractivity contribution in [3.63, 3.8) is 0 Å². The molecule has 2 N–H and O–H groups in total. The quantitative estimate of drug-likeness (QED) is 0.883. The highest BCUT2D eigenvalue weighted by Crippen LogP contribution is 2.28. The topological polar surface area (TPSA) is 52.6 Å². The van der Waals surface area contributed by atoms with Gasteiger partial charge >= 0.3 is 5.97 Å². The Kier molecular flexibility index (Phi) is 3.78. The van der Waals surface area contributed by atoms with Gasteiger partial charge < -0.3 is 15.3 Å². The number of anilines is 1. The summed E-state index contributed by atoms with van der Waals surface area (Å²) < 4.78 is 0. The van der Waals surface area contributed by atoms with Crippen LogP contribution >= 0.6 is 11.6 Å². The molecule has 0 radical (unpaired) electrons. The van der Waals surface area contributed by atoms with Crippen LogP contribution in [0.3, 0.4) is 0 Å². The Bertz CT molecular complexity index is 442. The molecule has 98 valence electrons. The Morgan fingerprint density at radius 3 is 2.67 bits per heavy atom. The molecule has 1 aliphatic rings. The molecular formula is C13H17ClN2O2. The van der Waals surface area contributed by atoms with Crippen molar-refractivity contribution in [1.29, 1.82) is 0 Å². The van der Waals surface area contributed by atoms with E-state index in [1.807, 2.05) is 19.2 Å². The smallest absolute Gasteiger partial charge is 0.329 e. The van der Waals surface area contributed by atoms with Crippen LogP contribution in [0.4, 0.5) is 5.69 Å². The van der Waals surface area contributed by atoms with Crippen molar-refractivity contribution in [3.05, 3.63) is 29.3 Å². The molecule has 0 atom stereocenters. The normalized spacial score (nSPS) is 19.4. The third kappa shape index (κ3) is 2.76. The van der Waals surface area contributed by atoms with Crippen LogP contribution in [-0.4, -0.2) is 41.7 Å². The average Bonchev–Trinajstić information content (AvgIpc) is 2.32. The van der Waals surface area contributed by atoms with E-state index in [4.69, 9.17) is 11.6 Å². The van der Waals surface area contributed by atoms with E-state index in [2.05, 4.69) is 10.2 Å². The number of nitrogens with zero attached hydrogens (tertiary/aromatic N) is 1. The van der Waals surface area contributed by atoms with Crippen LogP contribution in [0.25, 0.3) is 0 Å². The molecule has 0 bridgehead atoms. The Hall–Kier alpha value is -1.26. The molecule has 0 amide bonds. The van der Waals surface area contributed by atoms with E-state index in [-0.39, 0.29) is 0 Å². The van der Waals surface area contributed by atoms with Crippen molar-refractivity contribution in [2.24, 2.45) is 0 Å². The molecule has 1 saturated heterocycles. The summed E-state index contributed by atoms with van der Waals surface area (Å²) in [4.78, 5) is 13.7. The van der Waals surface area contributed by atoms with Crippen molar-refractivity contribution < 1.29 is 9.90 Å². The summed E-state index contributed by atoms with van der Waals surface area (Å²) in [6.45, 7) is 1.56. The second-order valence-electron chi connectivity index (χ2n) is 4.83. The summed E-state index contributed by atoms with van der Waals surface area (Å²) in [5.74, 6) is -0.796. The fraction of sp³-hybridized carbons (Fsp3) is 0.462. The molecule has 4 nitrogen and oxygen atoms in total. The van der Waals surface area contributed by atoms with Gasteiger partial charge in [0.25, 0.3) is 0 Å². The molecule has 0 aromatic heterocycles. The summed E-state index contributed by atoms with van der Waals surface area (Å²) in [6.07, 6.45) is 1.18. The van der Waals surface area contributed by atoms with Gasteiger partial charge in [-0.1, -0.05) is 17.7 Å². The number of hydrogen-bond donors (Lipinski definition) is 2. The third-order valence-corrected chi connectivity index (χ3v) is 3.69. The average molecular weight is 269 g/mol. The van der Waals surface area contributed by atoms with Crippen LogP contribution < -0.4 is 5.32 Å². The van der Waals surface area contributed by atoms with Crippen molar-refractivity contribution in [2.45, 2.75) is 18.4 Å². The fourth-order valence-corrected chi connectivity index (χ4v) is 2.43. The first kappa shape index (κ1) is 13.2. The van der Waals surface area contributed by atoms with Crippen LogP contribution in [0.2, 0.25) is 5.02 Å². The molecular weight excluding hydrogens is 252 g/mol. The number of rotatable bonds is 3. The molecule has 5 heteroatoms. The molecule has 0 aliphatic carbocycles. The highest BCUT2D eigenvalue weighted by molar-refractivity contribution is 6.30. The van der Waals surface area contributed by atoms with Crippen molar-refractivity contribution in [1.82, 2.24) is 4.90 Å². The van der Waals surface area contributed by atoms with Gasteiger partial charge in [-0.25, -0.2) is 4.79 Å². The van der Waals surface area contributed by atoms with Gasteiger partial charge in [-0.3, -0.25) is 0 Å². The molecule has 18 heavy (non-hydrogen) atoms. The predicted octanol–water partition coefficient (Wildman–Crippen LogP) is 2.30. The molecule has 2 rings (SSSR count). The zero-order valence-electron chi connectivity index (χ0n) is 10.3. The third-order valence-electron chi connectivity index (χ3n) is 3.46. The first-order chi connectivity index (χ1) is 8.52. The zero-order chi connectivity index (χ0) is 13.2. The molecule has 1 aromatic rings. The maximum Gasteiger partial charge on any atom is 0.329 e. The molecule has 0 unspecified atom stereocenters. The van der Waals surface area contributed by atoms with Gasteiger partial charge in [-0.05, 0) is 38.1 Å². The largest absolute Gasteiger partial charge is 0.480 e. The van der Waals surface area contributed by atoms with Crippen molar-refractivity contribution >= 4 is 23.3 Å². The number of nitrogens with one attached hydrogen (secondary N) is 1. The molecule has 1 heterocycles. The van der Waals surface area contributed by atoms with E-state index in [1.54, 1.807) is 12.1 Å². The second kappa shape index (κ2) is 5.16.